The molecule has 0 aromatic carbocycles. The SMILES string of the molecule is CCOc1ncnc(NC(CCOC)C(=O)O)c1C. The molecule has 0 aliphatic heterocycles. The van der Waals surface area contributed by atoms with Crippen molar-refractivity contribution < 1.29 is 19.4 Å². The highest BCUT2D eigenvalue weighted by Gasteiger charge is 2.19. The van der Waals surface area contributed by atoms with Gasteiger partial charge in [-0.1, -0.05) is 0 Å². The van der Waals surface area contributed by atoms with E-state index in [1.54, 1.807) is 6.92 Å². The Morgan fingerprint density at radius 3 is 2.84 bits per heavy atom. The first-order valence-electron chi connectivity index (χ1n) is 6.02. The normalized spacial score (nSPS) is 11.9. The summed E-state index contributed by atoms with van der Waals surface area (Å²) in [4.78, 5) is 19.2. The molecule has 1 aromatic rings. The molecule has 7 heteroatoms. The second-order valence-electron chi connectivity index (χ2n) is 3.90. The monoisotopic (exact) mass is 269 g/mol. The number of aliphatic carboxylic acids is 1. The number of methoxy groups -OCH3 is 1. The van der Waals surface area contributed by atoms with Gasteiger partial charge >= 0.3 is 5.97 Å². The van der Waals surface area contributed by atoms with Crippen LogP contribution in [0.25, 0.3) is 0 Å². The van der Waals surface area contributed by atoms with Crippen molar-refractivity contribution in [2.24, 2.45) is 0 Å². The van der Waals surface area contributed by atoms with E-state index in [4.69, 9.17) is 14.6 Å². The lowest BCUT2D eigenvalue weighted by molar-refractivity contribution is -0.138. The van der Waals surface area contributed by atoms with Gasteiger partial charge in [0.2, 0.25) is 5.88 Å². The third-order valence-corrected chi connectivity index (χ3v) is 2.54. The number of carboxylic acids is 1. The van der Waals surface area contributed by atoms with Gasteiger partial charge in [-0.2, -0.15) is 0 Å². The smallest absolute Gasteiger partial charge is 0.326 e. The van der Waals surface area contributed by atoms with Crippen LogP contribution in [-0.4, -0.2) is 47.4 Å². The third-order valence-electron chi connectivity index (χ3n) is 2.54. The highest BCUT2D eigenvalue weighted by Crippen LogP contribution is 2.21. The molecule has 106 valence electrons. The predicted molar refractivity (Wildman–Crippen MR) is 69.5 cm³/mol. The van der Waals surface area contributed by atoms with Crippen LogP contribution >= 0.6 is 0 Å². The average Bonchev–Trinajstić information content (AvgIpc) is 2.38. The maximum Gasteiger partial charge on any atom is 0.326 e. The van der Waals surface area contributed by atoms with Gasteiger partial charge in [0.25, 0.3) is 0 Å². The summed E-state index contributed by atoms with van der Waals surface area (Å²) in [6.45, 7) is 4.48. The maximum atomic E-state index is 11.1. The Kier molecular flexibility index (Phi) is 6.01. The van der Waals surface area contributed by atoms with Gasteiger partial charge in [0.1, 0.15) is 18.2 Å². The molecule has 0 amide bonds. The molecule has 0 saturated carbocycles. The number of hydrogen-bond donors (Lipinski definition) is 2. The molecule has 0 aliphatic rings. The first-order valence-corrected chi connectivity index (χ1v) is 6.02. The predicted octanol–water partition coefficient (Wildman–Crippen LogP) is 1.09. The quantitative estimate of drug-likeness (QED) is 0.729. The molecular weight excluding hydrogens is 250 g/mol. The Labute approximate surface area is 112 Å². The summed E-state index contributed by atoms with van der Waals surface area (Å²) < 4.78 is 10.2. The highest BCUT2D eigenvalue weighted by molar-refractivity contribution is 5.77. The largest absolute Gasteiger partial charge is 0.480 e. The number of rotatable bonds is 8. The molecular formula is C12H19N3O4. The van der Waals surface area contributed by atoms with Crippen molar-refractivity contribution >= 4 is 11.8 Å². The van der Waals surface area contributed by atoms with Crippen LogP contribution < -0.4 is 10.1 Å². The van der Waals surface area contributed by atoms with E-state index in [1.807, 2.05) is 6.92 Å². The van der Waals surface area contributed by atoms with Crippen LogP contribution in [0.4, 0.5) is 5.82 Å². The zero-order valence-electron chi connectivity index (χ0n) is 11.3. The van der Waals surface area contributed by atoms with Gasteiger partial charge in [0.05, 0.1) is 12.2 Å². The van der Waals surface area contributed by atoms with Crippen molar-refractivity contribution in [3.05, 3.63) is 11.9 Å². The van der Waals surface area contributed by atoms with Crippen molar-refractivity contribution in [3.63, 3.8) is 0 Å². The Balaban J connectivity index is 2.84. The Morgan fingerprint density at radius 2 is 2.26 bits per heavy atom. The van der Waals surface area contributed by atoms with Gasteiger partial charge in [0.15, 0.2) is 0 Å². The van der Waals surface area contributed by atoms with Crippen molar-refractivity contribution in [1.29, 1.82) is 0 Å². The van der Waals surface area contributed by atoms with E-state index in [0.717, 1.165) is 0 Å². The summed E-state index contributed by atoms with van der Waals surface area (Å²) >= 11 is 0. The second-order valence-corrected chi connectivity index (χ2v) is 3.90. The first kappa shape index (κ1) is 15.2. The number of nitrogens with zero attached hydrogens (tertiary/aromatic N) is 2. The van der Waals surface area contributed by atoms with Crippen LogP contribution in [-0.2, 0) is 9.53 Å². The molecule has 0 fully saturated rings. The van der Waals surface area contributed by atoms with E-state index in [0.29, 0.717) is 36.9 Å². The molecule has 1 rings (SSSR count). The minimum Gasteiger partial charge on any atom is -0.480 e. The summed E-state index contributed by atoms with van der Waals surface area (Å²) in [6.07, 6.45) is 1.69. The average molecular weight is 269 g/mol. The van der Waals surface area contributed by atoms with Crippen LogP contribution in [0.15, 0.2) is 6.33 Å². The number of aromatic nitrogens is 2. The zero-order valence-corrected chi connectivity index (χ0v) is 11.3. The van der Waals surface area contributed by atoms with Crippen LogP contribution in [0.3, 0.4) is 0 Å². The molecule has 1 unspecified atom stereocenters. The number of ether oxygens (including phenoxy) is 2. The van der Waals surface area contributed by atoms with Gasteiger partial charge < -0.3 is 19.9 Å². The molecule has 0 bridgehead atoms. The summed E-state index contributed by atoms with van der Waals surface area (Å²) in [7, 11) is 1.53. The Bertz CT molecular complexity index is 425. The van der Waals surface area contributed by atoms with Gasteiger partial charge in [-0.05, 0) is 13.8 Å². The molecule has 0 spiro atoms. The van der Waals surface area contributed by atoms with Crippen molar-refractivity contribution in [2.45, 2.75) is 26.3 Å². The van der Waals surface area contributed by atoms with Crippen molar-refractivity contribution in [3.8, 4) is 5.88 Å². The molecule has 1 atom stereocenters. The second kappa shape index (κ2) is 7.52. The first-order chi connectivity index (χ1) is 9.10. The minimum absolute atomic E-state index is 0.346. The number of hydrogen-bond acceptors (Lipinski definition) is 6. The molecule has 0 saturated heterocycles. The zero-order chi connectivity index (χ0) is 14.3. The number of carbonyl (C=O) groups is 1. The lowest BCUT2D eigenvalue weighted by atomic mass is 10.2. The van der Waals surface area contributed by atoms with Crippen LogP contribution in [0.1, 0.15) is 18.9 Å². The molecule has 0 radical (unpaired) electrons. The molecule has 1 aromatic heterocycles. The standard InChI is InChI=1S/C12H19N3O4/c1-4-19-11-8(2)10(13-7-14-11)15-9(12(16)17)5-6-18-3/h7,9H,4-6H2,1-3H3,(H,16,17)(H,13,14,15). The molecule has 7 nitrogen and oxygen atoms in total. The van der Waals surface area contributed by atoms with Gasteiger partial charge in [-0.3, -0.25) is 0 Å². The summed E-state index contributed by atoms with van der Waals surface area (Å²) in [6, 6.07) is -0.761. The highest BCUT2D eigenvalue weighted by atomic mass is 16.5. The van der Waals surface area contributed by atoms with Gasteiger partial charge in [-0.25, -0.2) is 14.8 Å². The lowest BCUT2D eigenvalue weighted by Gasteiger charge is -2.17. The maximum absolute atomic E-state index is 11.1. The number of anilines is 1. The van der Waals surface area contributed by atoms with E-state index in [-0.39, 0.29) is 0 Å². The van der Waals surface area contributed by atoms with E-state index >= 15 is 0 Å². The van der Waals surface area contributed by atoms with E-state index in [1.165, 1.54) is 13.4 Å². The van der Waals surface area contributed by atoms with Gasteiger partial charge in [0, 0.05) is 20.1 Å². The fourth-order valence-corrected chi connectivity index (χ4v) is 1.52. The number of carboxylic acid groups (broad SMARTS) is 1. The van der Waals surface area contributed by atoms with E-state index in [2.05, 4.69) is 15.3 Å². The van der Waals surface area contributed by atoms with Gasteiger partial charge in [-0.15, -0.1) is 0 Å². The van der Waals surface area contributed by atoms with Crippen LogP contribution in [0.2, 0.25) is 0 Å². The lowest BCUT2D eigenvalue weighted by Crippen LogP contribution is -2.31. The van der Waals surface area contributed by atoms with E-state index < -0.39 is 12.0 Å². The fourth-order valence-electron chi connectivity index (χ4n) is 1.52. The molecule has 2 N–H and O–H groups in total. The van der Waals surface area contributed by atoms with E-state index in [9.17, 15) is 4.79 Å². The minimum atomic E-state index is -0.951. The Hall–Kier alpha value is -1.89. The summed E-state index contributed by atoms with van der Waals surface area (Å²) in [5, 5.41) is 12.0. The van der Waals surface area contributed by atoms with Crippen molar-refractivity contribution in [2.75, 3.05) is 25.6 Å². The summed E-state index contributed by atoms with van der Waals surface area (Å²) in [5.41, 5.74) is 0.688. The van der Waals surface area contributed by atoms with Crippen LogP contribution in [0, 0.1) is 6.92 Å². The number of nitrogens with one attached hydrogen (secondary N) is 1. The van der Waals surface area contributed by atoms with Crippen molar-refractivity contribution in [1.82, 2.24) is 9.97 Å². The molecule has 19 heavy (non-hydrogen) atoms. The molecule has 0 aliphatic carbocycles. The molecule has 1 heterocycles. The summed E-state index contributed by atoms with van der Waals surface area (Å²) in [5.74, 6) is -0.0362. The fraction of sp³-hybridized carbons (Fsp3) is 0.583. The van der Waals surface area contributed by atoms with Crippen LogP contribution in [0.5, 0.6) is 5.88 Å². The third kappa shape index (κ3) is 4.36. The Morgan fingerprint density at radius 1 is 1.53 bits per heavy atom. The topological polar surface area (TPSA) is 93.6 Å².